The van der Waals surface area contributed by atoms with Gasteiger partial charge >= 0.3 is 23.9 Å². The van der Waals surface area contributed by atoms with Crippen LogP contribution in [-0.2, 0) is 14.3 Å². The minimum atomic E-state index is -6.96. The Kier molecular flexibility index (Phi) is 4.56. The van der Waals surface area contributed by atoms with Gasteiger partial charge in [-0.05, 0) is 6.42 Å². The number of amides is 2. The third-order valence-electron chi connectivity index (χ3n) is 5.08. The van der Waals surface area contributed by atoms with E-state index in [1.54, 1.807) is 0 Å². The van der Waals surface area contributed by atoms with Crippen LogP contribution in [0.4, 0.5) is 39.5 Å². The molecule has 0 aromatic heterocycles. The first-order chi connectivity index (χ1) is 12.6. The van der Waals surface area contributed by atoms with Crippen molar-refractivity contribution in [2.45, 2.75) is 49.0 Å². The summed E-state index contributed by atoms with van der Waals surface area (Å²) in [6, 6.07) is 0. The van der Waals surface area contributed by atoms with Crippen molar-refractivity contribution in [3.63, 3.8) is 0 Å². The molecule has 0 aromatic rings. The molecule has 3 aliphatic rings. The third kappa shape index (κ3) is 2.72. The number of carbonyl (C=O) groups excluding carboxylic acids is 2. The number of likely N-dealkylation sites (tertiary alicyclic amines) is 1. The maximum atomic E-state index is 13.5. The zero-order chi connectivity index (χ0) is 21.3. The van der Waals surface area contributed by atoms with Gasteiger partial charge in [-0.3, -0.25) is 14.5 Å². The number of hydrogen-bond acceptors (Lipinski definition) is 3. The number of ether oxygens (including phenoxy) is 1. The lowest BCUT2D eigenvalue weighted by molar-refractivity contribution is -0.396. The summed E-state index contributed by atoms with van der Waals surface area (Å²) in [6.45, 7) is -0.812. The summed E-state index contributed by atoms with van der Waals surface area (Å²) < 4.78 is 121. The van der Waals surface area contributed by atoms with Gasteiger partial charge < -0.3 is 4.74 Å². The quantitative estimate of drug-likeness (QED) is 0.373. The van der Waals surface area contributed by atoms with Crippen molar-refractivity contribution in [2.75, 3.05) is 6.54 Å². The molecule has 158 valence electrons. The molecule has 4 nitrogen and oxygen atoms in total. The monoisotopic (exact) mass is 425 g/mol. The number of rotatable bonds is 6. The molecule has 2 saturated heterocycles. The highest BCUT2D eigenvalue weighted by atomic mass is 19.4. The summed E-state index contributed by atoms with van der Waals surface area (Å²) in [5.74, 6) is -22.7. The summed E-state index contributed by atoms with van der Waals surface area (Å²) in [6.07, 6.45) is -8.36. The molecule has 0 spiro atoms. The van der Waals surface area contributed by atoms with Crippen LogP contribution in [-0.4, -0.2) is 59.4 Å². The summed E-state index contributed by atoms with van der Waals surface area (Å²) >= 11 is 0. The molecular weight excluding hydrogens is 413 g/mol. The lowest BCUT2D eigenvalue weighted by atomic mass is 9.85. The second kappa shape index (κ2) is 6.10. The number of imide groups is 1. The van der Waals surface area contributed by atoms with E-state index in [-0.39, 0.29) is 0 Å². The van der Waals surface area contributed by atoms with Gasteiger partial charge in [-0.1, -0.05) is 12.2 Å². The van der Waals surface area contributed by atoms with E-state index in [4.69, 9.17) is 4.74 Å². The second-order valence-corrected chi connectivity index (χ2v) is 6.78. The highest BCUT2D eigenvalue weighted by Gasteiger charge is 2.81. The molecule has 4 atom stereocenters. The van der Waals surface area contributed by atoms with Gasteiger partial charge in [-0.2, -0.15) is 39.5 Å². The summed E-state index contributed by atoms with van der Waals surface area (Å²) in [5.41, 5.74) is 0. The molecule has 3 aliphatic heterocycles. The molecule has 0 unspecified atom stereocenters. The van der Waals surface area contributed by atoms with Crippen molar-refractivity contribution in [1.29, 1.82) is 0 Å². The molecule has 28 heavy (non-hydrogen) atoms. The topological polar surface area (TPSA) is 46.6 Å². The first-order valence-electron chi connectivity index (χ1n) is 8.02. The third-order valence-corrected chi connectivity index (χ3v) is 5.08. The Labute approximate surface area is 151 Å². The highest BCUT2D eigenvalue weighted by Crippen LogP contribution is 2.54. The largest absolute Gasteiger partial charge is 0.460 e. The molecule has 2 amide bonds. The van der Waals surface area contributed by atoms with Gasteiger partial charge in [0, 0.05) is 13.0 Å². The zero-order valence-electron chi connectivity index (χ0n) is 13.7. The van der Waals surface area contributed by atoms with Crippen LogP contribution in [0.1, 0.15) is 12.8 Å². The molecule has 0 N–H and O–H groups in total. The Balaban J connectivity index is 1.65. The molecule has 3 heterocycles. The molecule has 0 radical (unpaired) electrons. The minimum absolute atomic E-state index is 0.529. The van der Waals surface area contributed by atoms with E-state index < -0.39 is 79.2 Å². The van der Waals surface area contributed by atoms with Crippen molar-refractivity contribution >= 4 is 11.8 Å². The second-order valence-electron chi connectivity index (χ2n) is 6.78. The summed E-state index contributed by atoms with van der Waals surface area (Å²) in [5, 5.41) is 0. The fraction of sp³-hybridized carbons (Fsp3) is 0.733. The Morgan fingerprint density at radius 3 is 1.71 bits per heavy atom. The normalized spacial score (nSPS) is 30.5. The van der Waals surface area contributed by atoms with Crippen LogP contribution in [0, 0.1) is 11.8 Å². The van der Waals surface area contributed by atoms with Crippen molar-refractivity contribution in [3.8, 4) is 0 Å². The van der Waals surface area contributed by atoms with E-state index in [9.17, 15) is 49.1 Å². The number of hydrogen-bond donors (Lipinski definition) is 0. The molecule has 0 saturated carbocycles. The lowest BCUT2D eigenvalue weighted by Crippen LogP contribution is -2.60. The van der Waals surface area contributed by atoms with Gasteiger partial charge in [-0.15, -0.1) is 0 Å². The molecular formula is C15H12F9NO3. The molecule has 2 bridgehead atoms. The number of carbonyl (C=O) groups is 2. The molecule has 0 aromatic carbocycles. The standard InChI is InChI=1S/C15H12F9NO3/c16-12(17,13(18,19)14(20,21)15(22,23)24)4-1-5-25-10(26)8-6-2-3-7(28-6)9(8)11(25)27/h2-3,6-9H,1,4-5H2/t6-,7+,8-,9+. The fourth-order valence-corrected chi connectivity index (χ4v) is 3.61. The average Bonchev–Trinajstić information content (AvgIpc) is 3.22. The van der Waals surface area contributed by atoms with Crippen LogP contribution in [0.5, 0.6) is 0 Å². The van der Waals surface area contributed by atoms with Crippen molar-refractivity contribution in [1.82, 2.24) is 4.90 Å². The van der Waals surface area contributed by atoms with Crippen LogP contribution < -0.4 is 0 Å². The Hall–Kier alpha value is -1.79. The predicted octanol–water partition coefficient (Wildman–Crippen LogP) is 3.17. The van der Waals surface area contributed by atoms with Crippen molar-refractivity contribution < 1.29 is 53.8 Å². The van der Waals surface area contributed by atoms with Crippen LogP contribution in [0.15, 0.2) is 12.2 Å². The minimum Gasteiger partial charge on any atom is -0.365 e. The summed E-state index contributed by atoms with van der Waals surface area (Å²) in [4.78, 5) is 25.0. The molecule has 13 heteroatoms. The van der Waals surface area contributed by atoms with E-state index in [0.29, 0.717) is 4.90 Å². The number of nitrogens with zero attached hydrogens (tertiary/aromatic N) is 1. The molecule has 2 fully saturated rings. The SMILES string of the molecule is O=C1[C@@H]2[C@H](C(=O)N1CCCC(F)(F)C(F)(F)C(F)(F)C(F)(F)F)[C@H]1C=C[C@@H]2O1. The first-order valence-corrected chi connectivity index (χ1v) is 8.02. The van der Waals surface area contributed by atoms with E-state index in [2.05, 4.69) is 0 Å². The van der Waals surface area contributed by atoms with Gasteiger partial charge in [-0.25, -0.2) is 0 Å². The fourth-order valence-electron chi connectivity index (χ4n) is 3.61. The maximum absolute atomic E-state index is 13.5. The van der Waals surface area contributed by atoms with Crippen molar-refractivity contribution in [3.05, 3.63) is 12.2 Å². The van der Waals surface area contributed by atoms with Gasteiger partial charge in [0.2, 0.25) is 11.8 Å². The zero-order valence-corrected chi connectivity index (χ0v) is 13.7. The Morgan fingerprint density at radius 1 is 0.821 bits per heavy atom. The average molecular weight is 425 g/mol. The van der Waals surface area contributed by atoms with Crippen LogP contribution in [0.25, 0.3) is 0 Å². The number of alkyl halides is 9. The van der Waals surface area contributed by atoms with Gasteiger partial charge in [0.15, 0.2) is 0 Å². The lowest BCUT2D eigenvalue weighted by Gasteiger charge is -2.33. The number of fused-ring (bicyclic) bond motifs is 5. The first kappa shape index (κ1) is 20.9. The predicted molar refractivity (Wildman–Crippen MR) is 71.6 cm³/mol. The van der Waals surface area contributed by atoms with Crippen molar-refractivity contribution in [2.24, 2.45) is 11.8 Å². The summed E-state index contributed by atoms with van der Waals surface area (Å²) in [7, 11) is 0. The van der Waals surface area contributed by atoms with E-state index >= 15 is 0 Å². The van der Waals surface area contributed by atoms with Gasteiger partial charge in [0.1, 0.15) is 0 Å². The van der Waals surface area contributed by atoms with E-state index in [1.165, 1.54) is 12.2 Å². The van der Waals surface area contributed by atoms with Crippen LogP contribution in [0.2, 0.25) is 0 Å². The smallest absolute Gasteiger partial charge is 0.365 e. The van der Waals surface area contributed by atoms with Crippen LogP contribution >= 0.6 is 0 Å². The Morgan fingerprint density at radius 2 is 1.29 bits per heavy atom. The highest BCUT2D eigenvalue weighted by molar-refractivity contribution is 6.06. The molecule has 0 aliphatic carbocycles. The van der Waals surface area contributed by atoms with E-state index in [1.807, 2.05) is 0 Å². The molecule has 3 rings (SSSR count). The maximum Gasteiger partial charge on any atom is 0.460 e. The number of halogens is 9. The van der Waals surface area contributed by atoms with Crippen LogP contribution in [0.3, 0.4) is 0 Å². The van der Waals surface area contributed by atoms with Gasteiger partial charge in [0.25, 0.3) is 0 Å². The van der Waals surface area contributed by atoms with E-state index in [0.717, 1.165) is 0 Å². The Bertz CT molecular complexity index is 688. The van der Waals surface area contributed by atoms with Gasteiger partial charge in [0.05, 0.1) is 24.0 Å².